The first-order chi connectivity index (χ1) is 11.1. The molecule has 2 fully saturated rings. The highest BCUT2D eigenvalue weighted by Gasteiger charge is 2.43. The number of aromatic nitrogens is 2. The summed E-state index contributed by atoms with van der Waals surface area (Å²) in [5.74, 6) is 0. The van der Waals surface area contributed by atoms with E-state index < -0.39 is 5.60 Å². The van der Waals surface area contributed by atoms with Crippen molar-refractivity contribution in [1.82, 2.24) is 20.2 Å². The number of hydrogen-bond donors (Lipinski definition) is 2. The van der Waals surface area contributed by atoms with Crippen molar-refractivity contribution in [2.45, 2.75) is 25.0 Å². The first kappa shape index (κ1) is 14.2. The number of piperidine rings is 1. The number of fused-ring (bicyclic) bond motifs is 1. The van der Waals surface area contributed by atoms with Crippen LogP contribution in [0.5, 0.6) is 0 Å². The molecule has 1 aromatic carbocycles. The molecule has 0 radical (unpaired) electrons. The molecular formula is C16H18N4O3. The standard InChI is InChI=1S/C16H18N4O3/c21-14-13(18-11-4-1-2-5-12(11)19-14)8-20-7-3-6-16(10-20)9-17-15(22)23-16/h1-2,4-5H,3,6-10H2,(H,17,22)(H,19,21)/t16-/m1/s1. The van der Waals surface area contributed by atoms with Crippen LogP contribution in [-0.4, -0.2) is 46.2 Å². The number of likely N-dealkylation sites (tertiary alicyclic amines) is 1. The number of amides is 1. The Hall–Kier alpha value is -2.41. The number of carbonyl (C=O) groups is 1. The van der Waals surface area contributed by atoms with Crippen molar-refractivity contribution >= 4 is 17.1 Å². The molecule has 1 amide bonds. The molecule has 0 saturated carbocycles. The third kappa shape index (κ3) is 2.68. The number of aromatic amines is 1. The smallest absolute Gasteiger partial charge is 0.407 e. The largest absolute Gasteiger partial charge is 0.440 e. The maximum Gasteiger partial charge on any atom is 0.407 e. The lowest BCUT2D eigenvalue weighted by molar-refractivity contribution is -0.0115. The minimum Gasteiger partial charge on any atom is -0.440 e. The maximum atomic E-state index is 12.2. The van der Waals surface area contributed by atoms with Crippen molar-refractivity contribution in [3.8, 4) is 0 Å². The van der Waals surface area contributed by atoms with Gasteiger partial charge in [0.25, 0.3) is 5.56 Å². The van der Waals surface area contributed by atoms with Crippen LogP contribution >= 0.6 is 0 Å². The zero-order valence-corrected chi connectivity index (χ0v) is 12.7. The lowest BCUT2D eigenvalue weighted by atomic mass is 9.93. The van der Waals surface area contributed by atoms with Crippen LogP contribution in [0.15, 0.2) is 29.1 Å². The maximum absolute atomic E-state index is 12.2. The summed E-state index contributed by atoms with van der Waals surface area (Å²) in [4.78, 5) is 33.1. The Morgan fingerprint density at radius 1 is 1.30 bits per heavy atom. The Bertz CT molecular complexity index is 818. The number of hydrogen-bond acceptors (Lipinski definition) is 5. The zero-order chi connectivity index (χ0) is 15.9. The van der Waals surface area contributed by atoms with Crippen molar-refractivity contribution < 1.29 is 9.53 Å². The highest BCUT2D eigenvalue weighted by molar-refractivity contribution is 5.73. The number of para-hydroxylation sites is 2. The zero-order valence-electron chi connectivity index (χ0n) is 12.7. The van der Waals surface area contributed by atoms with Gasteiger partial charge in [0.15, 0.2) is 0 Å². The summed E-state index contributed by atoms with van der Waals surface area (Å²) in [6, 6.07) is 7.49. The van der Waals surface area contributed by atoms with Gasteiger partial charge in [-0.25, -0.2) is 9.78 Å². The van der Waals surface area contributed by atoms with Crippen LogP contribution in [0.2, 0.25) is 0 Å². The lowest BCUT2D eigenvalue weighted by Crippen LogP contribution is -2.50. The molecule has 0 aliphatic carbocycles. The van der Waals surface area contributed by atoms with Gasteiger partial charge in [-0.3, -0.25) is 9.69 Å². The Labute approximate surface area is 132 Å². The van der Waals surface area contributed by atoms with Gasteiger partial charge in [0.1, 0.15) is 11.3 Å². The molecule has 4 rings (SSSR count). The topological polar surface area (TPSA) is 87.3 Å². The van der Waals surface area contributed by atoms with Crippen molar-refractivity contribution in [1.29, 1.82) is 0 Å². The molecular weight excluding hydrogens is 296 g/mol. The predicted molar refractivity (Wildman–Crippen MR) is 84.1 cm³/mol. The van der Waals surface area contributed by atoms with Crippen molar-refractivity contribution in [2.24, 2.45) is 0 Å². The fourth-order valence-electron chi connectivity index (χ4n) is 3.44. The molecule has 7 heteroatoms. The predicted octanol–water partition coefficient (Wildman–Crippen LogP) is 0.997. The average Bonchev–Trinajstić information content (AvgIpc) is 2.88. The van der Waals surface area contributed by atoms with Crippen LogP contribution in [0.25, 0.3) is 11.0 Å². The van der Waals surface area contributed by atoms with E-state index in [-0.39, 0.29) is 11.7 Å². The van der Waals surface area contributed by atoms with Crippen molar-refractivity contribution in [2.75, 3.05) is 19.6 Å². The molecule has 1 spiro atoms. The van der Waals surface area contributed by atoms with Gasteiger partial charge < -0.3 is 15.0 Å². The number of alkyl carbamates (subject to hydrolysis) is 1. The first-order valence-corrected chi connectivity index (χ1v) is 7.81. The SMILES string of the molecule is O=C1NC[C@@]2(CCCN(Cc3nc4ccccc4[nH]c3=O)C2)O1. The summed E-state index contributed by atoms with van der Waals surface area (Å²) >= 11 is 0. The quantitative estimate of drug-likeness (QED) is 0.863. The summed E-state index contributed by atoms with van der Waals surface area (Å²) in [6.45, 7) is 2.48. The summed E-state index contributed by atoms with van der Waals surface area (Å²) in [7, 11) is 0. The van der Waals surface area contributed by atoms with Gasteiger partial charge in [-0.05, 0) is 31.5 Å². The van der Waals surface area contributed by atoms with E-state index in [2.05, 4.69) is 20.2 Å². The molecule has 0 unspecified atom stereocenters. The van der Waals surface area contributed by atoms with Crippen LogP contribution in [-0.2, 0) is 11.3 Å². The van der Waals surface area contributed by atoms with E-state index >= 15 is 0 Å². The third-order valence-corrected chi connectivity index (χ3v) is 4.53. The average molecular weight is 314 g/mol. The summed E-state index contributed by atoms with van der Waals surface area (Å²) in [6.07, 6.45) is 1.43. The Kier molecular flexibility index (Phi) is 3.30. The van der Waals surface area contributed by atoms with E-state index in [4.69, 9.17) is 4.74 Å². The number of H-pyrrole nitrogens is 1. The van der Waals surface area contributed by atoms with Gasteiger partial charge in [0.05, 0.1) is 17.6 Å². The first-order valence-electron chi connectivity index (χ1n) is 7.81. The lowest BCUT2D eigenvalue weighted by Gasteiger charge is -2.37. The number of nitrogens with one attached hydrogen (secondary N) is 2. The molecule has 2 saturated heterocycles. The van der Waals surface area contributed by atoms with Gasteiger partial charge in [-0.2, -0.15) is 0 Å². The molecule has 1 aromatic heterocycles. The minimum atomic E-state index is -0.459. The van der Waals surface area contributed by atoms with Gasteiger partial charge in [-0.15, -0.1) is 0 Å². The number of benzene rings is 1. The molecule has 7 nitrogen and oxygen atoms in total. The molecule has 2 aromatic rings. The minimum absolute atomic E-state index is 0.162. The van der Waals surface area contributed by atoms with Crippen LogP contribution in [0.4, 0.5) is 4.79 Å². The number of rotatable bonds is 2. The molecule has 0 bridgehead atoms. The van der Waals surface area contributed by atoms with E-state index in [1.54, 1.807) is 0 Å². The van der Waals surface area contributed by atoms with E-state index in [0.717, 1.165) is 30.4 Å². The fraction of sp³-hybridized carbons (Fsp3) is 0.438. The Morgan fingerprint density at radius 2 is 2.17 bits per heavy atom. The molecule has 1 atom stereocenters. The Balaban J connectivity index is 1.57. The molecule has 2 aliphatic rings. The van der Waals surface area contributed by atoms with Gasteiger partial charge in [0, 0.05) is 13.1 Å². The van der Waals surface area contributed by atoms with Crippen LogP contribution < -0.4 is 10.9 Å². The highest BCUT2D eigenvalue weighted by Crippen LogP contribution is 2.28. The second-order valence-electron chi connectivity index (χ2n) is 6.27. The molecule has 2 N–H and O–H groups in total. The summed E-state index contributed by atoms with van der Waals surface area (Å²) < 4.78 is 5.46. The van der Waals surface area contributed by atoms with Crippen molar-refractivity contribution in [3.05, 3.63) is 40.3 Å². The second kappa shape index (κ2) is 5.34. The summed E-state index contributed by atoms with van der Waals surface area (Å²) in [5, 5.41) is 2.73. The second-order valence-corrected chi connectivity index (χ2v) is 6.27. The van der Waals surface area contributed by atoms with Crippen molar-refractivity contribution in [3.63, 3.8) is 0 Å². The monoisotopic (exact) mass is 314 g/mol. The van der Waals surface area contributed by atoms with E-state index in [0.29, 0.717) is 25.3 Å². The van der Waals surface area contributed by atoms with Crippen LogP contribution in [0.1, 0.15) is 18.5 Å². The molecule has 120 valence electrons. The van der Waals surface area contributed by atoms with Crippen LogP contribution in [0, 0.1) is 0 Å². The summed E-state index contributed by atoms with van der Waals surface area (Å²) in [5.41, 5.74) is 1.40. The normalized spacial score (nSPS) is 24.8. The van der Waals surface area contributed by atoms with Gasteiger partial charge >= 0.3 is 6.09 Å². The molecule has 3 heterocycles. The van der Waals surface area contributed by atoms with Crippen LogP contribution in [0.3, 0.4) is 0 Å². The third-order valence-electron chi connectivity index (χ3n) is 4.53. The van der Waals surface area contributed by atoms with Gasteiger partial charge in [-0.1, -0.05) is 12.1 Å². The highest BCUT2D eigenvalue weighted by atomic mass is 16.6. The fourth-order valence-corrected chi connectivity index (χ4v) is 3.44. The van der Waals surface area contributed by atoms with E-state index in [9.17, 15) is 9.59 Å². The number of carbonyl (C=O) groups excluding carboxylic acids is 1. The number of nitrogens with zero attached hydrogens (tertiary/aromatic N) is 2. The van der Waals surface area contributed by atoms with Gasteiger partial charge in [0.2, 0.25) is 0 Å². The Morgan fingerprint density at radius 3 is 3.00 bits per heavy atom. The van der Waals surface area contributed by atoms with E-state index in [1.165, 1.54) is 0 Å². The molecule has 23 heavy (non-hydrogen) atoms. The van der Waals surface area contributed by atoms with E-state index in [1.807, 2.05) is 24.3 Å². The number of ether oxygens (including phenoxy) is 1. The molecule has 2 aliphatic heterocycles.